The third-order valence-electron chi connectivity index (χ3n) is 2.88. The molecule has 0 fully saturated rings. The number of hydrogen-bond acceptors (Lipinski definition) is 4. The molecular formula is C14H15F3N2O2. The van der Waals surface area contributed by atoms with Gasteiger partial charge < -0.3 is 14.6 Å². The van der Waals surface area contributed by atoms with E-state index in [0.717, 1.165) is 17.0 Å². The highest BCUT2D eigenvalue weighted by atomic mass is 19.4. The summed E-state index contributed by atoms with van der Waals surface area (Å²) >= 11 is 0. The fourth-order valence-electron chi connectivity index (χ4n) is 1.83. The Labute approximate surface area is 119 Å². The SMILES string of the molecule is Cc1cc(CNC(C)c2ccc(OC(F)(F)F)cc2)no1. The lowest BCUT2D eigenvalue weighted by Crippen LogP contribution is -2.19. The lowest BCUT2D eigenvalue weighted by molar-refractivity contribution is -0.274. The number of hydrogen-bond donors (Lipinski definition) is 1. The Morgan fingerprint density at radius 2 is 1.95 bits per heavy atom. The summed E-state index contributed by atoms with van der Waals surface area (Å²) in [4.78, 5) is 0. The minimum absolute atomic E-state index is 0.0399. The maximum Gasteiger partial charge on any atom is 0.573 e. The number of halogens is 3. The van der Waals surface area contributed by atoms with Crippen molar-refractivity contribution >= 4 is 0 Å². The van der Waals surface area contributed by atoms with Crippen molar-refractivity contribution in [3.63, 3.8) is 0 Å². The Balaban J connectivity index is 1.91. The largest absolute Gasteiger partial charge is 0.573 e. The van der Waals surface area contributed by atoms with E-state index in [-0.39, 0.29) is 11.8 Å². The van der Waals surface area contributed by atoms with Crippen molar-refractivity contribution < 1.29 is 22.4 Å². The second-order valence-electron chi connectivity index (χ2n) is 4.65. The fourth-order valence-corrected chi connectivity index (χ4v) is 1.83. The van der Waals surface area contributed by atoms with Crippen molar-refractivity contribution in [1.82, 2.24) is 10.5 Å². The second-order valence-corrected chi connectivity index (χ2v) is 4.65. The molecule has 0 amide bonds. The predicted molar refractivity (Wildman–Crippen MR) is 69.6 cm³/mol. The zero-order valence-corrected chi connectivity index (χ0v) is 11.6. The molecule has 0 aliphatic carbocycles. The highest BCUT2D eigenvalue weighted by Gasteiger charge is 2.30. The van der Waals surface area contributed by atoms with Crippen molar-refractivity contribution in [3.8, 4) is 5.75 Å². The van der Waals surface area contributed by atoms with Crippen LogP contribution in [0.3, 0.4) is 0 Å². The van der Waals surface area contributed by atoms with Crippen LogP contribution in [-0.2, 0) is 6.54 Å². The summed E-state index contributed by atoms with van der Waals surface area (Å²) in [6.45, 7) is 4.23. The van der Waals surface area contributed by atoms with E-state index in [1.165, 1.54) is 12.1 Å². The van der Waals surface area contributed by atoms with Crippen LogP contribution < -0.4 is 10.1 Å². The van der Waals surface area contributed by atoms with Crippen LogP contribution in [0.5, 0.6) is 5.75 Å². The van der Waals surface area contributed by atoms with Gasteiger partial charge in [0.15, 0.2) is 0 Å². The number of nitrogens with zero attached hydrogens (tertiary/aromatic N) is 1. The van der Waals surface area contributed by atoms with Crippen LogP contribution in [0.2, 0.25) is 0 Å². The van der Waals surface area contributed by atoms with Crippen molar-refractivity contribution in [2.75, 3.05) is 0 Å². The molecule has 2 aromatic rings. The highest BCUT2D eigenvalue weighted by molar-refractivity contribution is 5.29. The van der Waals surface area contributed by atoms with Crippen LogP contribution in [0.1, 0.15) is 30.0 Å². The maximum absolute atomic E-state index is 12.1. The van der Waals surface area contributed by atoms with Gasteiger partial charge >= 0.3 is 6.36 Å². The van der Waals surface area contributed by atoms with E-state index in [0.29, 0.717) is 6.54 Å². The molecule has 1 N–H and O–H groups in total. The molecule has 4 nitrogen and oxygen atoms in total. The number of nitrogens with one attached hydrogen (secondary N) is 1. The van der Waals surface area contributed by atoms with Gasteiger partial charge in [0.2, 0.25) is 0 Å². The number of aryl methyl sites for hydroxylation is 1. The Morgan fingerprint density at radius 3 is 2.48 bits per heavy atom. The summed E-state index contributed by atoms with van der Waals surface area (Å²) in [7, 11) is 0. The highest BCUT2D eigenvalue weighted by Crippen LogP contribution is 2.24. The van der Waals surface area contributed by atoms with Crippen LogP contribution in [0.25, 0.3) is 0 Å². The molecule has 0 bridgehead atoms. The van der Waals surface area contributed by atoms with Gasteiger partial charge in [0.25, 0.3) is 0 Å². The van der Waals surface area contributed by atoms with Crippen molar-refractivity contribution in [2.45, 2.75) is 32.8 Å². The number of aromatic nitrogens is 1. The van der Waals surface area contributed by atoms with E-state index in [1.54, 1.807) is 19.1 Å². The third kappa shape index (κ3) is 4.78. The van der Waals surface area contributed by atoms with E-state index in [9.17, 15) is 13.2 Å². The smallest absolute Gasteiger partial charge is 0.406 e. The Bertz CT molecular complexity index is 579. The first-order valence-corrected chi connectivity index (χ1v) is 6.35. The minimum Gasteiger partial charge on any atom is -0.406 e. The fraction of sp³-hybridized carbons (Fsp3) is 0.357. The summed E-state index contributed by atoms with van der Waals surface area (Å²) in [5, 5.41) is 7.06. The minimum atomic E-state index is -4.67. The third-order valence-corrected chi connectivity index (χ3v) is 2.88. The topological polar surface area (TPSA) is 47.3 Å². The Morgan fingerprint density at radius 1 is 1.29 bits per heavy atom. The molecular weight excluding hydrogens is 285 g/mol. The van der Waals surface area contributed by atoms with Gasteiger partial charge in [0, 0.05) is 18.7 Å². The molecule has 0 spiro atoms. The van der Waals surface area contributed by atoms with Gasteiger partial charge in [-0.2, -0.15) is 0 Å². The average Bonchev–Trinajstić information content (AvgIpc) is 2.81. The lowest BCUT2D eigenvalue weighted by Gasteiger charge is -2.14. The first kappa shape index (κ1) is 15.4. The van der Waals surface area contributed by atoms with Gasteiger partial charge in [-0.25, -0.2) is 0 Å². The summed E-state index contributed by atoms with van der Waals surface area (Å²) < 4.78 is 45.0. The quantitative estimate of drug-likeness (QED) is 0.914. The molecule has 0 radical (unpaired) electrons. The summed E-state index contributed by atoms with van der Waals surface area (Å²) in [6.07, 6.45) is -4.67. The molecule has 1 aromatic carbocycles. The van der Waals surface area contributed by atoms with Crippen LogP contribution in [-0.4, -0.2) is 11.5 Å². The van der Waals surface area contributed by atoms with Crippen LogP contribution in [0.4, 0.5) is 13.2 Å². The molecule has 0 aliphatic rings. The first-order valence-electron chi connectivity index (χ1n) is 6.35. The monoisotopic (exact) mass is 300 g/mol. The van der Waals surface area contributed by atoms with Crippen molar-refractivity contribution in [1.29, 1.82) is 0 Å². The number of ether oxygens (including phenoxy) is 1. The number of benzene rings is 1. The first-order chi connectivity index (χ1) is 9.83. The van der Waals surface area contributed by atoms with Gasteiger partial charge in [-0.05, 0) is 31.5 Å². The predicted octanol–water partition coefficient (Wildman–Crippen LogP) is 3.73. The summed E-state index contributed by atoms with van der Waals surface area (Å²) in [6, 6.07) is 7.55. The van der Waals surface area contributed by atoms with Crippen LogP contribution in [0.15, 0.2) is 34.9 Å². The Kier molecular flexibility index (Phi) is 4.52. The standard InChI is InChI=1S/C14H15F3N2O2/c1-9-7-12(19-21-9)8-18-10(2)11-3-5-13(6-4-11)20-14(15,16)17/h3-7,10,18H,8H2,1-2H3. The molecule has 2 rings (SSSR count). The number of alkyl halides is 3. The molecule has 21 heavy (non-hydrogen) atoms. The van der Waals surface area contributed by atoms with Gasteiger partial charge in [-0.15, -0.1) is 13.2 Å². The average molecular weight is 300 g/mol. The summed E-state index contributed by atoms with van der Waals surface area (Å²) in [5.41, 5.74) is 1.63. The van der Waals surface area contributed by atoms with Gasteiger partial charge in [-0.3, -0.25) is 0 Å². The molecule has 114 valence electrons. The maximum atomic E-state index is 12.1. The lowest BCUT2D eigenvalue weighted by atomic mass is 10.1. The normalized spacial score (nSPS) is 13.2. The number of rotatable bonds is 5. The molecule has 0 aliphatic heterocycles. The summed E-state index contributed by atoms with van der Waals surface area (Å²) in [5.74, 6) is 0.499. The van der Waals surface area contributed by atoms with Crippen LogP contribution in [0, 0.1) is 6.92 Å². The van der Waals surface area contributed by atoms with E-state index < -0.39 is 6.36 Å². The van der Waals surface area contributed by atoms with Crippen LogP contribution >= 0.6 is 0 Å². The molecule has 1 heterocycles. The van der Waals surface area contributed by atoms with Crippen molar-refractivity contribution in [3.05, 3.63) is 47.3 Å². The molecule has 0 saturated heterocycles. The molecule has 0 saturated carbocycles. The molecule has 1 unspecified atom stereocenters. The molecule has 7 heteroatoms. The van der Waals surface area contributed by atoms with E-state index >= 15 is 0 Å². The van der Waals surface area contributed by atoms with Gasteiger partial charge in [0.1, 0.15) is 11.5 Å². The van der Waals surface area contributed by atoms with E-state index in [4.69, 9.17) is 4.52 Å². The Hall–Kier alpha value is -2.02. The zero-order chi connectivity index (χ0) is 15.5. The van der Waals surface area contributed by atoms with Gasteiger partial charge in [-0.1, -0.05) is 17.3 Å². The molecule has 1 atom stereocenters. The van der Waals surface area contributed by atoms with Gasteiger partial charge in [0.05, 0.1) is 5.69 Å². The second kappa shape index (κ2) is 6.17. The zero-order valence-electron chi connectivity index (χ0n) is 11.6. The van der Waals surface area contributed by atoms with E-state index in [2.05, 4.69) is 15.2 Å². The van der Waals surface area contributed by atoms with E-state index in [1.807, 2.05) is 13.0 Å². The van der Waals surface area contributed by atoms with Crippen molar-refractivity contribution in [2.24, 2.45) is 0 Å². The molecule has 1 aromatic heterocycles.